The molecule has 0 aromatic carbocycles. The van der Waals surface area contributed by atoms with Gasteiger partial charge in [0.1, 0.15) is 9.77 Å². The summed E-state index contributed by atoms with van der Waals surface area (Å²) >= 11 is 0.884. The molecule has 0 radical (unpaired) electrons. The number of nitrogens with zero attached hydrogens (tertiary/aromatic N) is 1. The molecule has 1 aliphatic heterocycles. The van der Waals surface area contributed by atoms with Crippen molar-refractivity contribution in [2.45, 2.75) is 4.90 Å². The lowest BCUT2D eigenvalue weighted by molar-refractivity contribution is 0.0698. The highest BCUT2D eigenvalue weighted by Crippen LogP contribution is 2.25. The van der Waals surface area contributed by atoms with E-state index < -0.39 is 26.8 Å². The van der Waals surface area contributed by atoms with Gasteiger partial charge in [-0.2, -0.15) is 4.31 Å². The van der Waals surface area contributed by atoms with Crippen LogP contribution in [0.15, 0.2) is 16.3 Å². The highest BCUT2D eigenvalue weighted by atomic mass is 32.2. The van der Waals surface area contributed by atoms with E-state index in [-0.39, 0.29) is 22.9 Å². The number of thiophene rings is 1. The molecule has 18 heavy (non-hydrogen) atoms. The Morgan fingerprint density at radius 2 is 2.00 bits per heavy atom. The molecule has 0 unspecified atom stereocenters. The summed E-state index contributed by atoms with van der Waals surface area (Å²) in [5.74, 6) is -0.651. The highest BCUT2D eigenvalue weighted by molar-refractivity contribution is 7.89. The number of carbonyl (C=O) groups is 1. The molecule has 6 nitrogen and oxygen atoms in total. The van der Waals surface area contributed by atoms with Crippen LogP contribution in [0.5, 0.6) is 0 Å². The zero-order valence-corrected chi connectivity index (χ0v) is 11.7. The first kappa shape index (κ1) is 13.7. The van der Waals surface area contributed by atoms with E-state index in [0.29, 0.717) is 11.5 Å². The molecule has 1 N–H and O–H groups in total. The summed E-state index contributed by atoms with van der Waals surface area (Å²) in [4.78, 5) is 10.6. The van der Waals surface area contributed by atoms with Crippen molar-refractivity contribution in [3.8, 4) is 0 Å². The van der Waals surface area contributed by atoms with Gasteiger partial charge in [0.05, 0.1) is 0 Å². The lowest BCUT2D eigenvalue weighted by Crippen LogP contribution is -2.41. The molecule has 100 valence electrons. The van der Waals surface area contributed by atoms with Gasteiger partial charge in [-0.15, -0.1) is 11.3 Å². The van der Waals surface area contributed by atoms with Crippen molar-refractivity contribution in [3.05, 3.63) is 16.3 Å². The maximum absolute atomic E-state index is 12.3. The van der Waals surface area contributed by atoms with Crippen LogP contribution in [0.1, 0.15) is 9.67 Å². The molecule has 1 aromatic heterocycles. The van der Waals surface area contributed by atoms with Crippen LogP contribution in [-0.2, 0) is 20.8 Å². The SMILES string of the molecule is O=C(O)c1sccc1S(=O)(=O)N1CCS(=O)CC1. The van der Waals surface area contributed by atoms with Crippen LogP contribution in [0.4, 0.5) is 0 Å². The zero-order valence-electron chi connectivity index (χ0n) is 9.24. The van der Waals surface area contributed by atoms with E-state index in [9.17, 15) is 17.4 Å². The van der Waals surface area contributed by atoms with Crippen molar-refractivity contribution in [2.24, 2.45) is 0 Å². The Morgan fingerprint density at radius 3 is 2.56 bits per heavy atom. The van der Waals surface area contributed by atoms with Gasteiger partial charge in [0.15, 0.2) is 0 Å². The van der Waals surface area contributed by atoms with Gasteiger partial charge in [0.2, 0.25) is 10.0 Å². The highest BCUT2D eigenvalue weighted by Gasteiger charge is 2.32. The number of carboxylic acids is 1. The fraction of sp³-hybridized carbons (Fsp3) is 0.444. The number of sulfonamides is 1. The number of hydrogen-bond acceptors (Lipinski definition) is 5. The maximum Gasteiger partial charge on any atom is 0.347 e. The van der Waals surface area contributed by atoms with E-state index in [2.05, 4.69) is 0 Å². The van der Waals surface area contributed by atoms with Gasteiger partial charge in [-0.05, 0) is 11.4 Å². The molecule has 0 spiro atoms. The minimum Gasteiger partial charge on any atom is -0.477 e. The van der Waals surface area contributed by atoms with E-state index in [4.69, 9.17) is 5.11 Å². The molecule has 2 heterocycles. The first-order valence-corrected chi connectivity index (χ1v) is 8.89. The summed E-state index contributed by atoms with van der Waals surface area (Å²) in [5, 5.41) is 10.4. The van der Waals surface area contributed by atoms with Crippen LogP contribution < -0.4 is 0 Å². The second-order valence-electron chi connectivity index (χ2n) is 3.67. The average molecular weight is 309 g/mol. The van der Waals surface area contributed by atoms with E-state index in [1.54, 1.807) is 0 Å². The molecule has 0 atom stereocenters. The monoisotopic (exact) mass is 309 g/mol. The second-order valence-corrected chi connectivity index (χ2v) is 8.19. The van der Waals surface area contributed by atoms with Crippen LogP contribution in [-0.4, -0.2) is 52.6 Å². The molecule has 0 aliphatic carbocycles. The summed E-state index contributed by atoms with van der Waals surface area (Å²) in [7, 11) is -4.77. The number of hydrogen-bond donors (Lipinski definition) is 1. The Balaban J connectivity index is 2.33. The first-order chi connectivity index (χ1) is 8.43. The topological polar surface area (TPSA) is 91.8 Å². The molecule has 1 saturated heterocycles. The fourth-order valence-corrected chi connectivity index (χ4v) is 5.62. The fourth-order valence-electron chi connectivity index (χ4n) is 1.66. The third kappa shape index (κ3) is 2.48. The lowest BCUT2D eigenvalue weighted by Gasteiger charge is -2.25. The third-order valence-electron chi connectivity index (χ3n) is 2.58. The van der Waals surface area contributed by atoms with Crippen LogP contribution >= 0.6 is 11.3 Å². The first-order valence-electron chi connectivity index (χ1n) is 5.09. The number of aromatic carboxylic acids is 1. The molecular weight excluding hydrogens is 298 g/mol. The van der Waals surface area contributed by atoms with Crippen molar-refractivity contribution < 1.29 is 22.5 Å². The largest absolute Gasteiger partial charge is 0.477 e. The van der Waals surface area contributed by atoms with Gasteiger partial charge in [0.25, 0.3) is 0 Å². The Kier molecular flexibility index (Phi) is 3.85. The predicted molar refractivity (Wildman–Crippen MR) is 67.9 cm³/mol. The summed E-state index contributed by atoms with van der Waals surface area (Å²) in [6, 6.07) is 1.30. The molecule has 2 rings (SSSR count). The van der Waals surface area contributed by atoms with Crippen molar-refractivity contribution >= 4 is 38.1 Å². The van der Waals surface area contributed by atoms with Crippen LogP contribution in [0.3, 0.4) is 0 Å². The average Bonchev–Trinajstić information content (AvgIpc) is 2.79. The summed E-state index contributed by atoms with van der Waals surface area (Å²) in [6.45, 7) is 0.341. The summed E-state index contributed by atoms with van der Waals surface area (Å²) in [5.41, 5.74) is 0. The van der Waals surface area contributed by atoms with Crippen molar-refractivity contribution in [1.29, 1.82) is 0 Å². The Labute approximate surface area is 111 Å². The minimum absolute atomic E-state index is 0.170. The van der Waals surface area contributed by atoms with Gasteiger partial charge in [-0.25, -0.2) is 13.2 Å². The van der Waals surface area contributed by atoms with E-state index in [0.717, 1.165) is 11.3 Å². The van der Waals surface area contributed by atoms with Crippen LogP contribution in [0, 0.1) is 0 Å². The minimum atomic E-state index is -3.79. The normalized spacial score (nSPS) is 18.9. The Hall–Kier alpha value is -0.770. The molecular formula is C9H11NO5S3. The van der Waals surface area contributed by atoms with Crippen LogP contribution in [0.25, 0.3) is 0 Å². The maximum atomic E-state index is 12.3. The van der Waals surface area contributed by atoms with Gasteiger partial charge in [-0.3, -0.25) is 4.21 Å². The smallest absolute Gasteiger partial charge is 0.347 e. The molecule has 0 bridgehead atoms. The van der Waals surface area contributed by atoms with E-state index in [1.807, 2.05) is 0 Å². The molecule has 1 fully saturated rings. The van der Waals surface area contributed by atoms with Crippen LogP contribution in [0.2, 0.25) is 0 Å². The van der Waals surface area contributed by atoms with Crippen molar-refractivity contribution in [3.63, 3.8) is 0 Å². The number of rotatable bonds is 3. The Morgan fingerprint density at radius 1 is 1.39 bits per heavy atom. The Bertz CT molecular complexity index is 581. The number of carboxylic acid groups (broad SMARTS) is 1. The molecule has 0 saturated carbocycles. The van der Waals surface area contributed by atoms with Gasteiger partial charge in [-0.1, -0.05) is 0 Å². The third-order valence-corrected chi connectivity index (χ3v) is 6.83. The standard InChI is InChI=1S/C9H11NO5S3/c11-9(12)8-7(1-4-16-8)18(14,15)10-2-5-17(13)6-3-10/h1,4H,2-3,5-6H2,(H,11,12). The quantitative estimate of drug-likeness (QED) is 0.861. The molecule has 0 amide bonds. The van der Waals surface area contributed by atoms with Crippen molar-refractivity contribution in [2.75, 3.05) is 24.6 Å². The van der Waals surface area contributed by atoms with E-state index >= 15 is 0 Å². The van der Waals surface area contributed by atoms with Gasteiger partial charge < -0.3 is 5.11 Å². The summed E-state index contributed by atoms with van der Waals surface area (Å²) in [6.07, 6.45) is 0. The van der Waals surface area contributed by atoms with E-state index in [1.165, 1.54) is 15.8 Å². The van der Waals surface area contributed by atoms with Gasteiger partial charge in [0, 0.05) is 35.4 Å². The second kappa shape index (κ2) is 5.08. The van der Waals surface area contributed by atoms with Crippen molar-refractivity contribution in [1.82, 2.24) is 4.31 Å². The molecule has 1 aliphatic rings. The lowest BCUT2D eigenvalue weighted by atomic mass is 10.5. The predicted octanol–water partition coefficient (Wildman–Crippen LogP) is 0.199. The summed E-state index contributed by atoms with van der Waals surface area (Å²) < 4.78 is 36.9. The molecule has 1 aromatic rings. The zero-order chi connectivity index (χ0) is 13.3. The van der Waals surface area contributed by atoms with Gasteiger partial charge >= 0.3 is 5.97 Å². The molecule has 9 heteroatoms.